The predicted octanol–water partition coefficient (Wildman–Crippen LogP) is 5.51. The molecule has 0 N–H and O–H groups in total. The Morgan fingerprint density at radius 2 is 1.46 bits per heavy atom. The van der Waals surface area contributed by atoms with E-state index in [1.165, 1.54) is 77.0 Å². The Labute approximate surface area is 171 Å². The van der Waals surface area contributed by atoms with Gasteiger partial charge in [0.2, 0.25) is 5.91 Å². The normalized spacial score (nSPS) is 41.7. The van der Waals surface area contributed by atoms with Crippen LogP contribution in [0.25, 0.3) is 0 Å². The fourth-order valence-electron chi connectivity index (χ4n) is 8.53. The monoisotopic (exact) mass is 385 g/mol. The van der Waals surface area contributed by atoms with Gasteiger partial charge in [-0.25, -0.2) is 0 Å². The summed E-state index contributed by atoms with van der Waals surface area (Å²) in [5, 5.41) is 0. The summed E-state index contributed by atoms with van der Waals surface area (Å²) >= 11 is 0. The highest BCUT2D eigenvalue weighted by molar-refractivity contribution is 5.81. The molecule has 3 nitrogen and oxygen atoms in total. The lowest BCUT2D eigenvalue weighted by molar-refractivity contribution is -0.137. The van der Waals surface area contributed by atoms with Crippen molar-refractivity contribution in [3.63, 3.8) is 0 Å². The Morgan fingerprint density at radius 1 is 0.821 bits per heavy atom. The lowest BCUT2D eigenvalue weighted by Gasteiger charge is -2.56. The van der Waals surface area contributed by atoms with E-state index in [-0.39, 0.29) is 0 Å². The molecule has 0 radical (unpaired) electrons. The largest absolute Gasteiger partial charge is 0.339 e. The van der Waals surface area contributed by atoms with Crippen LogP contribution in [0.5, 0.6) is 0 Å². The van der Waals surface area contributed by atoms with Crippen molar-refractivity contribution in [3.05, 3.63) is 0 Å². The second-order valence-corrected chi connectivity index (χ2v) is 11.3. The Balaban J connectivity index is 1.09. The molecule has 1 saturated heterocycles. The first-order chi connectivity index (χ1) is 13.6. The fraction of sp³-hybridized carbons (Fsp3) is 0.920. The number of rotatable bonds is 6. The zero-order chi connectivity index (χ0) is 19.1. The van der Waals surface area contributed by atoms with Crippen LogP contribution in [-0.2, 0) is 9.59 Å². The third-order valence-corrected chi connectivity index (χ3v) is 9.15. The summed E-state index contributed by atoms with van der Waals surface area (Å²) < 4.78 is 0. The summed E-state index contributed by atoms with van der Waals surface area (Å²) in [6, 6.07) is 0.512. The zero-order valence-corrected chi connectivity index (χ0v) is 17.7. The van der Waals surface area contributed by atoms with E-state index in [0.29, 0.717) is 36.0 Å². The van der Waals surface area contributed by atoms with Gasteiger partial charge in [0, 0.05) is 31.8 Å². The van der Waals surface area contributed by atoms with Gasteiger partial charge in [-0.15, -0.1) is 0 Å². The number of hydrogen-bond acceptors (Lipinski definition) is 2. The van der Waals surface area contributed by atoms with Crippen LogP contribution in [0.4, 0.5) is 0 Å². The van der Waals surface area contributed by atoms with Crippen LogP contribution >= 0.6 is 0 Å². The van der Waals surface area contributed by atoms with Crippen LogP contribution in [-0.4, -0.2) is 29.2 Å². The lowest BCUT2D eigenvalue weighted by Crippen LogP contribution is -2.49. The van der Waals surface area contributed by atoms with Gasteiger partial charge in [-0.1, -0.05) is 12.8 Å². The molecule has 28 heavy (non-hydrogen) atoms. The molecule has 156 valence electrons. The Hall–Kier alpha value is -0.860. The van der Waals surface area contributed by atoms with Gasteiger partial charge in [0.25, 0.3) is 0 Å². The van der Waals surface area contributed by atoms with Crippen molar-refractivity contribution in [2.75, 3.05) is 6.54 Å². The number of Topliss-reactive ketones (excluding diaryl/α,β-unsaturated/α-hetero) is 1. The smallest absolute Gasteiger partial charge is 0.222 e. The molecule has 0 aromatic rings. The first-order valence-electron chi connectivity index (χ1n) is 12.4. The van der Waals surface area contributed by atoms with Crippen molar-refractivity contribution in [3.8, 4) is 0 Å². The molecular weight excluding hydrogens is 346 g/mol. The maximum atomic E-state index is 12.9. The molecule has 6 rings (SSSR count). The highest BCUT2D eigenvalue weighted by Gasteiger charge is 2.51. The zero-order valence-electron chi connectivity index (χ0n) is 17.7. The minimum Gasteiger partial charge on any atom is -0.339 e. The van der Waals surface area contributed by atoms with Crippen LogP contribution in [0.15, 0.2) is 0 Å². The summed E-state index contributed by atoms with van der Waals surface area (Å²) in [4.78, 5) is 27.9. The van der Waals surface area contributed by atoms with Crippen molar-refractivity contribution in [2.45, 2.75) is 109 Å². The van der Waals surface area contributed by atoms with E-state index in [9.17, 15) is 9.59 Å². The van der Waals surface area contributed by atoms with Crippen molar-refractivity contribution in [2.24, 2.45) is 29.1 Å². The van der Waals surface area contributed by atoms with E-state index in [4.69, 9.17) is 0 Å². The molecule has 4 bridgehead atoms. The quantitative estimate of drug-likeness (QED) is 0.604. The molecule has 0 spiro atoms. The minimum atomic E-state index is 0.333. The number of likely N-dealkylation sites (tertiary alicyclic amines) is 1. The summed E-state index contributed by atoms with van der Waals surface area (Å²) in [6.45, 7) is 0.960. The van der Waals surface area contributed by atoms with E-state index in [2.05, 4.69) is 4.90 Å². The molecule has 5 saturated carbocycles. The van der Waals surface area contributed by atoms with E-state index in [1.54, 1.807) is 0 Å². The van der Waals surface area contributed by atoms with Gasteiger partial charge in [0.1, 0.15) is 5.78 Å². The SMILES string of the molecule is O=C(CCCC(=O)N1CCCC2CCCCC21)CC12CC3CC(CC(C3)C1)C2. The standard InChI is InChI=1S/C25H39NO2/c27-22(17-25-14-18-11-19(15-25)13-20(12-18)16-25)7-3-9-24(28)26-10-4-6-21-5-1-2-8-23(21)26/h18-21,23H,1-17H2. The second-order valence-electron chi connectivity index (χ2n) is 11.3. The van der Waals surface area contributed by atoms with Gasteiger partial charge in [-0.05, 0) is 99.7 Å². The van der Waals surface area contributed by atoms with Gasteiger partial charge < -0.3 is 4.90 Å². The molecule has 5 aliphatic carbocycles. The maximum absolute atomic E-state index is 12.9. The molecule has 1 aliphatic heterocycles. The number of piperidine rings is 1. The van der Waals surface area contributed by atoms with Crippen molar-refractivity contribution < 1.29 is 9.59 Å². The Bertz CT molecular complexity index is 574. The fourth-order valence-corrected chi connectivity index (χ4v) is 8.53. The van der Waals surface area contributed by atoms with Crippen LogP contribution in [0.2, 0.25) is 0 Å². The molecule has 6 fully saturated rings. The second kappa shape index (κ2) is 7.76. The molecule has 0 aromatic heterocycles. The average Bonchev–Trinajstić information content (AvgIpc) is 2.66. The van der Waals surface area contributed by atoms with Gasteiger partial charge in [-0.3, -0.25) is 9.59 Å². The number of fused-ring (bicyclic) bond motifs is 1. The predicted molar refractivity (Wildman–Crippen MR) is 111 cm³/mol. The summed E-state index contributed by atoms with van der Waals surface area (Å²) in [5.41, 5.74) is 0.359. The third kappa shape index (κ3) is 3.79. The molecular formula is C25H39NO2. The van der Waals surface area contributed by atoms with Crippen molar-refractivity contribution in [1.29, 1.82) is 0 Å². The first-order valence-corrected chi connectivity index (χ1v) is 12.4. The Morgan fingerprint density at radius 3 is 2.18 bits per heavy atom. The topological polar surface area (TPSA) is 37.4 Å². The first kappa shape index (κ1) is 19.1. The molecule has 6 aliphatic rings. The summed E-state index contributed by atoms with van der Waals surface area (Å²) in [5.74, 6) is 4.29. The van der Waals surface area contributed by atoms with Crippen LogP contribution in [0.1, 0.15) is 103 Å². The van der Waals surface area contributed by atoms with E-state index >= 15 is 0 Å². The number of nitrogens with zero attached hydrogens (tertiary/aromatic N) is 1. The lowest BCUT2D eigenvalue weighted by atomic mass is 9.48. The number of ketones is 1. The summed E-state index contributed by atoms with van der Waals surface area (Å²) in [6.07, 6.45) is 18.8. The number of amides is 1. The number of carbonyl (C=O) groups excluding carboxylic acids is 2. The van der Waals surface area contributed by atoms with Gasteiger partial charge in [-0.2, -0.15) is 0 Å². The van der Waals surface area contributed by atoms with Crippen molar-refractivity contribution >= 4 is 11.7 Å². The molecule has 2 unspecified atom stereocenters. The van der Waals surface area contributed by atoms with E-state index in [0.717, 1.165) is 43.1 Å². The van der Waals surface area contributed by atoms with Crippen LogP contribution in [0.3, 0.4) is 0 Å². The van der Waals surface area contributed by atoms with Crippen molar-refractivity contribution in [1.82, 2.24) is 4.90 Å². The molecule has 1 heterocycles. The Kier molecular flexibility index (Phi) is 5.30. The number of carbonyl (C=O) groups is 2. The van der Waals surface area contributed by atoms with Gasteiger partial charge in [0.05, 0.1) is 0 Å². The molecule has 3 heteroatoms. The molecule has 0 aromatic carbocycles. The molecule has 1 amide bonds. The third-order valence-electron chi connectivity index (χ3n) is 9.15. The van der Waals surface area contributed by atoms with Gasteiger partial charge in [0.15, 0.2) is 0 Å². The summed E-state index contributed by atoms with van der Waals surface area (Å²) in [7, 11) is 0. The highest BCUT2D eigenvalue weighted by atomic mass is 16.2. The average molecular weight is 386 g/mol. The van der Waals surface area contributed by atoms with Crippen LogP contribution < -0.4 is 0 Å². The number of hydrogen-bond donors (Lipinski definition) is 0. The van der Waals surface area contributed by atoms with E-state index < -0.39 is 0 Å². The van der Waals surface area contributed by atoms with Gasteiger partial charge >= 0.3 is 0 Å². The van der Waals surface area contributed by atoms with E-state index in [1.807, 2.05) is 0 Å². The molecule has 2 atom stereocenters. The maximum Gasteiger partial charge on any atom is 0.222 e. The highest BCUT2D eigenvalue weighted by Crippen LogP contribution is 2.61. The minimum absolute atomic E-state index is 0.333. The van der Waals surface area contributed by atoms with Crippen LogP contribution in [0, 0.1) is 29.1 Å².